The average molecular weight is 454 g/mol. The van der Waals surface area contributed by atoms with E-state index in [1.807, 2.05) is 43.0 Å². The standard InChI is InChI=1S/C25H31N3O3S/c1-4-14-26(15-5-2)21(29)16-27-24-22(19-8-7-9-20(19)32-24)23(30)28(25(27)31)18-12-10-17(6-3)11-13-18/h10-13H,4-9,14-16H2,1-3H3. The van der Waals surface area contributed by atoms with Crippen LogP contribution in [0.4, 0.5) is 0 Å². The molecule has 0 radical (unpaired) electrons. The Bertz CT molecular complexity index is 1240. The number of nitrogens with zero attached hydrogens (tertiary/aromatic N) is 3. The Labute approximate surface area is 192 Å². The number of rotatable bonds is 8. The highest BCUT2D eigenvalue weighted by Crippen LogP contribution is 2.35. The number of hydrogen-bond donors (Lipinski definition) is 0. The fourth-order valence-corrected chi connectivity index (χ4v) is 5.96. The summed E-state index contributed by atoms with van der Waals surface area (Å²) in [6, 6.07) is 7.55. The summed E-state index contributed by atoms with van der Waals surface area (Å²) in [6.45, 7) is 7.46. The van der Waals surface area contributed by atoms with Gasteiger partial charge in [0.1, 0.15) is 11.4 Å². The summed E-state index contributed by atoms with van der Waals surface area (Å²) in [6.07, 6.45) is 5.43. The summed E-state index contributed by atoms with van der Waals surface area (Å²) in [4.78, 5) is 44.0. The van der Waals surface area contributed by atoms with E-state index >= 15 is 0 Å². The number of hydrogen-bond acceptors (Lipinski definition) is 4. The fraction of sp³-hybridized carbons (Fsp3) is 0.480. The molecule has 170 valence electrons. The number of benzene rings is 1. The lowest BCUT2D eigenvalue weighted by atomic mass is 10.1. The first-order valence-corrected chi connectivity index (χ1v) is 12.5. The lowest BCUT2D eigenvalue weighted by molar-refractivity contribution is -0.131. The van der Waals surface area contributed by atoms with Crippen molar-refractivity contribution in [2.75, 3.05) is 13.1 Å². The van der Waals surface area contributed by atoms with Crippen molar-refractivity contribution in [3.63, 3.8) is 0 Å². The lowest BCUT2D eigenvalue weighted by Crippen LogP contribution is -2.43. The molecule has 1 aromatic carbocycles. The molecule has 0 atom stereocenters. The molecule has 2 heterocycles. The van der Waals surface area contributed by atoms with Crippen LogP contribution >= 0.6 is 11.3 Å². The maximum atomic E-state index is 13.6. The number of carbonyl (C=O) groups is 1. The van der Waals surface area contributed by atoms with E-state index in [9.17, 15) is 14.4 Å². The molecule has 0 fully saturated rings. The SMILES string of the molecule is CCCN(CCC)C(=O)Cn1c(=O)n(-c2ccc(CC)cc2)c(=O)c2c3c(sc21)CCC3. The summed E-state index contributed by atoms with van der Waals surface area (Å²) in [7, 11) is 0. The van der Waals surface area contributed by atoms with Crippen LogP contribution in [0.1, 0.15) is 56.0 Å². The second-order valence-electron chi connectivity index (χ2n) is 8.45. The molecule has 0 aliphatic heterocycles. The topological polar surface area (TPSA) is 64.3 Å². The molecule has 0 saturated heterocycles. The Hall–Kier alpha value is -2.67. The van der Waals surface area contributed by atoms with Gasteiger partial charge in [-0.15, -0.1) is 11.3 Å². The van der Waals surface area contributed by atoms with E-state index in [0.717, 1.165) is 49.7 Å². The van der Waals surface area contributed by atoms with Gasteiger partial charge in [0.05, 0.1) is 11.1 Å². The van der Waals surface area contributed by atoms with Crippen molar-refractivity contribution in [1.29, 1.82) is 0 Å². The van der Waals surface area contributed by atoms with E-state index in [2.05, 4.69) is 6.92 Å². The van der Waals surface area contributed by atoms with Crippen molar-refractivity contribution in [3.8, 4) is 5.69 Å². The van der Waals surface area contributed by atoms with E-state index in [1.165, 1.54) is 25.3 Å². The molecule has 0 bridgehead atoms. The Morgan fingerprint density at radius 2 is 1.72 bits per heavy atom. The Balaban J connectivity index is 1.91. The monoisotopic (exact) mass is 453 g/mol. The zero-order chi connectivity index (χ0) is 22.8. The van der Waals surface area contributed by atoms with Crippen LogP contribution in [0.2, 0.25) is 0 Å². The Morgan fingerprint density at radius 3 is 2.34 bits per heavy atom. The van der Waals surface area contributed by atoms with Crippen molar-refractivity contribution in [3.05, 3.63) is 61.1 Å². The zero-order valence-electron chi connectivity index (χ0n) is 19.1. The van der Waals surface area contributed by atoms with Crippen molar-refractivity contribution in [1.82, 2.24) is 14.0 Å². The molecule has 0 saturated carbocycles. The maximum absolute atomic E-state index is 13.6. The van der Waals surface area contributed by atoms with Gasteiger partial charge in [-0.05, 0) is 61.8 Å². The minimum absolute atomic E-state index is 0.0396. The first kappa shape index (κ1) is 22.5. The number of aromatic nitrogens is 2. The summed E-state index contributed by atoms with van der Waals surface area (Å²) in [5.41, 5.74) is 2.06. The Kier molecular flexibility index (Phi) is 6.65. The molecule has 0 unspecified atom stereocenters. The highest BCUT2D eigenvalue weighted by atomic mass is 32.1. The van der Waals surface area contributed by atoms with Crippen LogP contribution in [0.3, 0.4) is 0 Å². The van der Waals surface area contributed by atoms with Gasteiger partial charge in [0.25, 0.3) is 5.56 Å². The van der Waals surface area contributed by atoms with E-state index in [-0.39, 0.29) is 18.0 Å². The third-order valence-electron chi connectivity index (χ3n) is 6.22. The third kappa shape index (κ3) is 3.94. The number of aryl methyl sites for hydroxylation is 3. The smallest absolute Gasteiger partial charge is 0.337 e. The van der Waals surface area contributed by atoms with Crippen LogP contribution < -0.4 is 11.2 Å². The van der Waals surface area contributed by atoms with E-state index < -0.39 is 5.69 Å². The number of carbonyl (C=O) groups excluding carboxylic acids is 1. The van der Waals surface area contributed by atoms with Gasteiger partial charge in [-0.2, -0.15) is 0 Å². The molecule has 7 heteroatoms. The number of thiophene rings is 1. The molecular formula is C25H31N3O3S. The first-order valence-electron chi connectivity index (χ1n) is 11.7. The third-order valence-corrected chi connectivity index (χ3v) is 7.54. The molecule has 2 aromatic heterocycles. The summed E-state index contributed by atoms with van der Waals surface area (Å²) < 4.78 is 2.79. The van der Waals surface area contributed by atoms with E-state index in [4.69, 9.17) is 0 Å². The number of fused-ring (bicyclic) bond motifs is 3. The van der Waals surface area contributed by atoms with E-state index in [0.29, 0.717) is 29.0 Å². The van der Waals surface area contributed by atoms with Gasteiger partial charge in [0.2, 0.25) is 5.91 Å². The van der Waals surface area contributed by atoms with Crippen LogP contribution in [0, 0.1) is 0 Å². The second-order valence-corrected chi connectivity index (χ2v) is 9.53. The molecule has 32 heavy (non-hydrogen) atoms. The molecule has 6 nitrogen and oxygen atoms in total. The lowest BCUT2D eigenvalue weighted by Gasteiger charge is -2.22. The molecule has 1 aliphatic rings. The van der Waals surface area contributed by atoms with Crippen molar-refractivity contribution in [2.24, 2.45) is 0 Å². The van der Waals surface area contributed by atoms with E-state index in [1.54, 1.807) is 0 Å². The second kappa shape index (κ2) is 9.45. The minimum Gasteiger partial charge on any atom is -0.341 e. The van der Waals surface area contributed by atoms with Crippen molar-refractivity contribution >= 4 is 27.5 Å². The van der Waals surface area contributed by atoms with Crippen molar-refractivity contribution < 1.29 is 4.79 Å². The Morgan fingerprint density at radius 1 is 1.03 bits per heavy atom. The number of amides is 1. The van der Waals surface area contributed by atoms with Crippen LogP contribution in [0.25, 0.3) is 15.9 Å². The highest BCUT2D eigenvalue weighted by molar-refractivity contribution is 7.19. The van der Waals surface area contributed by atoms with Crippen LogP contribution in [-0.2, 0) is 30.6 Å². The molecule has 0 spiro atoms. The van der Waals surface area contributed by atoms with Gasteiger partial charge in [-0.25, -0.2) is 9.36 Å². The van der Waals surface area contributed by atoms with Crippen LogP contribution in [0.15, 0.2) is 33.9 Å². The van der Waals surface area contributed by atoms with Gasteiger partial charge in [-0.1, -0.05) is 32.9 Å². The highest BCUT2D eigenvalue weighted by Gasteiger charge is 2.26. The van der Waals surface area contributed by atoms with Gasteiger partial charge in [0.15, 0.2) is 0 Å². The molecule has 1 aliphatic carbocycles. The first-order chi connectivity index (χ1) is 15.5. The zero-order valence-corrected chi connectivity index (χ0v) is 20.0. The molecular weight excluding hydrogens is 422 g/mol. The van der Waals surface area contributed by atoms with Crippen LogP contribution in [0.5, 0.6) is 0 Å². The van der Waals surface area contributed by atoms with Gasteiger partial charge in [-0.3, -0.25) is 14.2 Å². The molecule has 0 N–H and O–H groups in total. The molecule has 3 aromatic rings. The van der Waals surface area contributed by atoms with Crippen LogP contribution in [-0.4, -0.2) is 33.0 Å². The van der Waals surface area contributed by atoms with Gasteiger partial charge in [0, 0.05) is 18.0 Å². The maximum Gasteiger partial charge on any atom is 0.337 e. The summed E-state index contributed by atoms with van der Waals surface area (Å²) in [5.74, 6) is -0.0720. The van der Waals surface area contributed by atoms with Crippen molar-refractivity contribution in [2.45, 2.75) is 65.8 Å². The molecule has 1 amide bonds. The predicted molar refractivity (Wildman–Crippen MR) is 130 cm³/mol. The normalized spacial score (nSPS) is 13.0. The molecule has 4 rings (SSSR count). The summed E-state index contributed by atoms with van der Waals surface area (Å²) >= 11 is 1.51. The fourth-order valence-electron chi connectivity index (χ4n) is 4.59. The largest absolute Gasteiger partial charge is 0.341 e. The van der Waals surface area contributed by atoms with Gasteiger partial charge >= 0.3 is 5.69 Å². The minimum atomic E-state index is -0.437. The average Bonchev–Trinajstić information content (AvgIpc) is 3.38. The quantitative estimate of drug-likeness (QED) is 0.519. The van der Waals surface area contributed by atoms with Gasteiger partial charge < -0.3 is 4.90 Å². The summed E-state index contributed by atoms with van der Waals surface area (Å²) in [5, 5.41) is 0.618. The predicted octanol–water partition coefficient (Wildman–Crippen LogP) is 3.91.